The summed E-state index contributed by atoms with van der Waals surface area (Å²) in [5.74, 6) is 0.230. The van der Waals surface area contributed by atoms with Gasteiger partial charge in [0.15, 0.2) is 0 Å². The van der Waals surface area contributed by atoms with Crippen LogP contribution in [0.15, 0.2) is 76.7 Å². The number of ether oxygens (including phenoxy) is 5. The number of anilines is 1. The van der Waals surface area contributed by atoms with Crippen LogP contribution in [0.1, 0.15) is 61.3 Å². The minimum absolute atomic E-state index is 0.00244. The number of hydrogen-bond acceptors (Lipinski definition) is 10. The normalized spacial score (nSPS) is 19.4. The Bertz CT molecular complexity index is 1820. The van der Waals surface area contributed by atoms with Crippen molar-refractivity contribution >= 4 is 28.0 Å². The molecule has 14 heteroatoms. The molecule has 56 heavy (non-hydrogen) atoms. The number of carbonyl (C=O) groups is 1. The van der Waals surface area contributed by atoms with Crippen LogP contribution in [0.5, 0.6) is 5.75 Å². The first-order chi connectivity index (χ1) is 27.0. The lowest BCUT2D eigenvalue weighted by molar-refractivity contribution is -0.122. The van der Waals surface area contributed by atoms with Crippen molar-refractivity contribution in [1.82, 2.24) is 14.6 Å². The van der Waals surface area contributed by atoms with Crippen molar-refractivity contribution < 1.29 is 36.9 Å². The molecule has 2 aliphatic rings. The number of piperidine rings is 1. The highest BCUT2D eigenvalue weighted by Crippen LogP contribution is 2.39. The molecule has 0 aromatic heterocycles. The zero-order valence-corrected chi connectivity index (χ0v) is 34.5. The Labute approximate surface area is 332 Å². The summed E-state index contributed by atoms with van der Waals surface area (Å²) in [5, 5.41) is 4.03. The minimum Gasteiger partial charge on any atom is -0.490 e. The van der Waals surface area contributed by atoms with Crippen LogP contribution in [0, 0.1) is 6.92 Å². The highest BCUT2D eigenvalue weighted by molar-refractivity contribution is 7.89. The van der Waals surface area contributed by atoms with Gasteiger partial charge in [-0.2, -0.15) is 9.41 Å². The molecule has 13 nitrogen and oxygen atoms in total. The molecule has 0 radical (unpaired) electrons. The second kappa shape index (κ2) is 20.9. The molecule has 0 saturated carbocycles. The summed E-state index contributed by atoms with van der Waals surface area (Å²) in [6.07, 6.45) is 2.13. The Morgan fingerprint density at radius 2 is 1.82 bits per heavy atom. The number of rotatable bonds is 20. The van der Waals surface area contributed by atoms with E-state index in [-0.39, 0.29) is 42.4 Å². The van der Waals surface area contributed by atoms with Gasteiger partial charge in [-0.25, -0.2) is 13.8 Å². The maximum atomic E-state index is 14.4. The average molecular weight is 794 g/mol. The van der Waals surface area contributed by atoms with Crippen molar-refractivity contribution in [3.63, 3.8) is 0 Å². The summed E-state index contributed by atoms with van der Waals surface area (Å²) in [7, 11) is 1.29. The van der Waals surface area contributed by atoms with E-state index in [9.17, 15) is 13.2 Å². The van der Waals surface area contributed by atoms with Crippen molar-refractivity contribution in [1.29, 1.82) is 0 Å². The summed E-state index contributed by atoms with van der Waals surface area (Å²) in [5.41, 5.74) is 7.48. The third-order valence-corrected chi connectivity index (χ3v) is 11.9. The first kappa shape index (κ1) is 43.1. The predicted octanol–water partition coefficient (Wildman–Crippen LogP) is 5.32. The van der Waals surface area contributed by atoms with Crippen molar-refractivity contribution in [3.05, 3.63) is 89.0 Å². The first-order valence-electron chi connectivity index (χ1n) is 19.4. The van der Waals surface area contributed by atoms with Crippen molar-refractivity contribution in [2.45, 2.75) is 82.3 Å². The number of fused-ring (bicyclic) bond motifs is 1. The Morgan fingerprint density at radius 1 is 1.07 bits per heavy atom. The molecule has 1 saturated heterocycles. The number of sulfonamides is 1. The van der Waals surface area contributed by atoms with E-state index < -0.39 is 22.2 Å². The summed E-state index contributed by atoms with van der Waals surface area (Å²) in [6.45, 7) is 10.6. The number of hydrazone groups is 1. The Morgan fingerprint density at radius 3 is 2.54 bits per heavy atom. The average Bonchev–Trinajstić information content (AvgIpc) is 3.17. The molecule has 5 rings (SSSR count). The number of amides is 1. The predicted molar refractivity (Wildman–Crippen MR) is 218 cm³/mol. The van der Waals surface area contributed by atoms with E-state index in [2.05, 4.69) is 33.6 Å². The molecular weight excluding hydrogens is 735 g/mol. The molecule has 1 N–H and O–H groups in total. The fourth-order valence-corrected chi connectivity index (χ4v) is 8.76. The van der Waals surface area contributed by atoms with Crippen LogP contribution in [0.3, 0.4) is 0 Å². The Hall–Kier alpha value is -4.05. The van der Waals surface area contributed by atoms with E-state index in [0.29, 0.717) is 39.5 Å². The molecule has 2 aliphatic heterocycles. The van der Waals surface area contributed by atoms with Gasteiger partial charge in [-0.05, 0) is 74.6 Å². The smallest absolute Gasteiger partial charge is 0.243 e. The van der Waals surface area contributed by atoms with E-state index >= 15 is 0 Å². The summed E-state index contributed by atoms with van der Waals surface area (Å²) in [4.78, 5) is 17.5. The lowest BCUT2D eigenvalue weighted by Crippen LogP contribution is -2.53. The first-order valence-corrected chi connectivity index (χ1v) is 20.9. The van der Waals surface area contributed by atoms with E-state index in [0.717, 1.165) is 53.2 Å². The topological polar surface area (TPSA) is 131 Å². The highest BCUT2D eigenvalue weighted by atomic mass is 32.2. The van der Waals surface area contributed by atoms with Crippen LogP contribution in [-0.4, -0.2) is 115 Å². The number of aryl methyl sites for hydroxylation is 1. The van der Waals surface area contributed by atoms with Gasteiger partial charge in [0.05, 0.1) is 49.2 Å². The number of carbonyl (C=O) groups excluding carboxylic acids is 1. The van der Waals surface area contributed by atoms with E-state index in [4.69, 9.17) is 23.7 Å². The zero-order valence-electron chi connectivity index (χ0n) is 33.7. The van der Waals surface area contributed by atoms with Gasteiger partial charge in [0.25, 0.3) is 0 Å². The minimum atomic E-state index is -4.02. The maximum Gasteiger partial charge on any atom is 0.243 e. The number of methoxy groups -OCH3 is 1. The molecule has 306 valence electrons. The molecule has 0 bridgehead atoms. The number of benzene rings is 3. The van der Waals surface area contributed by atoms with E-state index in [1.807, 2.05) is 45.0 Å². The highest BCUT2D eigenvalue weighted by Gasteiger charge is 2.43. The van der Waals surface area contributed by atoms with E-state index in [1.165, 1.54) is 10.6 Å². The summed E-state index contributed by atoms with van der Waals surface area (Å²) in [6, 6.07) is 20.4. The van der Waals surface area contributed by atoms with Crippen LogP contribution in [0.25, 0.3) is 0 Å². The van der Waals surface area contributed by atoms with Crippen molar-refractivity contribution in [2.75, 3.05) is 72.2 Å². The molecule has 1 fully saturated rings. The number of nitrogens with one attached hydrogen (secondary N) is 1. The van der Waals surface area contributed by atoms with Crippen LogP contribution in [0.4, 0.5) is 5.69 Å². The molecule has 4 atom stereocenters. The third-order valence-electron chi connectivity index (χ3n) is 9.97. The monoisotopic (exact) mass is 793 g/mol. The van der Waals surface area contributed by atoms with Crippen LogP contribution < -0.4 is 15.1 Å². The van der Waals surface area contributed by atoms with Gasteiger partial charge in [-0.3, -0.25) is 4.79 Å². The maximum absolute atomic E-state index is 14.4. The van der Waals surface area contributed by atoms with E-state index in [1.54, 1.807) is 50.4 Å². The second-order valence-electron chi connectivity index (χ2n) is 14.7. The molecule has 3 aromatic rings. The fourth-order valence-electron chi connectivity index (χ4n) is 7.12. The van der Waals surface area contributed by atoms with Crippen LogP contribution in [0.2, 0.25) is 0 Å². The van der Waals surface area contributed by atoms with Gasteiger partial charge in [0.2, 0.25) is 15.9 Å². The number of hydrogen-bond donors (Lipinski definition) is 1. The second-order valence-corrected chi connectivity index (χ2v) is 16.6. The van der Waals surface area contributed by atoms with Crippen molar-refractivity contribution in [2.24, 2.45) is 5.10 Å². The lowest BCUT2D eigenvalue weighted by Gasteiger charge is -2.43. The third kappa shape index (κ3) is 12.0. The van der Waals surface area contributed by atoms with Gasteiger partial charge in [0.1, 0.15) is 18.7 Å². The zero-order chi connectivity index (χ0) is 40.1. The van der Waals surface area contributed by atoms with Crippen molar-refractivity contribution in [3.8, 4) is 5.75 Å². The lowest BCUT2D eigenvalue weighted by atomic mass is 9.83. The molecule has 0 aliphatic carbocycles. The molecule has 0 spiro atoms. The fraction of sp³-hybridized carbons (Fsp3) is 0.524. The number of nitrogens with zero attached hydrogens (tertiary/aromatic N) is 4. The Kier molecular flexibility index (Phi) is 16.1. The summed E-state index contributed by atoms with van der Waals surface area (Å²) < 4.78 is 59.9. The van der Waals surface area contributed by atoms with Gasteiger partial charge < -0.3 is 33.5 Å². The SMILES string of the molecule is CCO[C@H](C)COCc1ccc([C@H]2C[C@H](CC(=O)N/N=C/N(C)C)N(S(=O)(=O)c3ccc(C)cc3)C[C@@H]2OCc2ccc3c(c2)N(CCCOC)CCO3)cc1. The van der Waals surface area contributed by atoms with Gasteiger partial charge in [-0.15, -0.1) is 0 Å². The van der Waals surface area contributed by atoms with Gasteiger partial charge in [-0.1, -0.05) is 48.0 Å². The van der Waals surface area contributed by atoms with Crippen LogP contribution in [-0.2, 0) is 47.0 Å². The quantitative estimate of drug-likeness (QED) is 0.0695. The largest absolute Gasteiger partial charge is 0.490 e. The molecule has 1 amide bonds. The molecule has 2 heterocycles. The van der Waals surface area contributed by atoms with Crippen LogP contribution >= 0.6 is 0 Å². The summed E-state index contributed by atoms with van der Waals surface area (Å²) >= 11 is 0. The molecule has 0 unspecified atom stereocenters. The standard InChI is InChI=1S/C42H59N5O8S/c1-7-53-32(3)27-52-28-33-11-14-35(15-12-33)38-24-36(25-42(48)44-43-30-45(4)5)47(56(49,50)37-16-9-31(2)10-17-37)26-41(38)55-29-34-13-18-40-39(23-34)46(20-22-54-40)19-8-21-51-6/h9-18,23,30,32,36,38,41H,7-8,19-22,24-29H2,1-6H3,(H,44,48)/b43-30+/t32-,36-,38-,41+/m1/s1. The molecular formula is C42H59N5O8S. The Balaban J connectivity index is 1.44. The van der Waals surface area contributed by atoms with Gasteiger partial charge in [0, 0.05) is 65.9 Å². The molecule has 3 aromatic carbocycles. The van der Waals surface area contributed by atoms with Gasteiger partial charge >= 0.3 is 0 Å².